The number of rotatable bonds is 2. The summed E-state index contributed by atoms with van der Waals surface area (Å²) in [6.45, 7) is 4.04. The van der Waals surface area contributed by atoms with Crippen molar-refractivity contribution >= 4 is 17.6 Å². The molecule has 1 aromatic rings. The smallest absolute Gasteiger partial charge is 0.338 e. The van der Waals surface area contributed by atoms with E-state index in [1.807, 2.05) is 6.92 Å². The number of benzene rings is 1. The normalized spacial score (nSPS) is 13.9. The van der Waals surface area contributed by atoms with Crippen molar-refractivity contribution in [2.45, 2.75) is 26.7 Å². The van der Waals surface area contributed by atoms with Crippen molar-refractivity contribution in [1.82, 2.24) is 0 Å². The lowest BCUT2D eigenvalue weighted by Crippen LogP contribution is -2.21. The molecule has 2 rings (SSSR count). The molecule has 0 unspecified atom stereocenters. The van der Waals surface area contributed by atoms with Crippen molar-refractivity contribution in [3.05, 3.63) is 28.8 Å². The first-order valence-corrected chi connectivity index (χ1v) is 5.73. The Morgan fingerprint density at radius 1 is 1.41 bits per heavy atom. The number of esters is 1. The van der Waals surface area contributed by atoms with Crippen LogP contribution in [0.4, 0.5) is 5.69 Å². The lowest BCUT2D eigenvalue weighted by molar-refractivity contribution is -0.116. The van der Waals surface area contributed by atoms with Crippen molar-refractivity contribution < 1.29 is 14.3 Å². The Morgan fingerprint density at radius 3 is 2.88 bits per heavy atom. The minimum absolute atomic E-state index is 0.0285. The maximum Gasteiger partial charge on any atom is 0.338 e. The van der Waals surface area contributed by atoms with Gasteiger partial charge in [-0.1, -0.05) is 0 Å². The standard InChI is InChI=1S/C13H15NO3/c1-3-17-13(16)10-4-6-11-9(8(10)2)5-7-12(15)14-11/h4,6H,3,5,7H2,1-2H3,(H,14,15). The van der Waals surface area contributed by atoms with Crippen LogP contribution in [0.3, 0.4) is 0 Å². The zero-order valence-corrected chi connectivity index (χ0v) is 10.0. The molecule has 0 aromatic heterocycles. The molecule has 0 radical (unpaired) electrons. The predicted molar refractivity (Wildman–Crippen MR) is 64.1 cm³/mol. The number of anilines is 1. The molecule has 1 aliphatic rings. The Kier molecular flexibility index (Phi) is 3.13. The van der Waals surface area contributed by atoms with Crippen LogP contribution in [-0.4, -0.2) is 18.5 Å². The molecule has 0 fully saturated rings. The number of fused-ring (bicyclic) bond motifs is 1. The summed E-state index contributed by atoms with van der Waals surface area (Å²) in [6.07, 6.45) is 1.15. The SMILES string of the molecule is CCOC(=O)c1ccc2c(c1C)CCC(=O)N2. The van der Waals surface area contributed by atoms with Gasteiger partial charge in [0.1, 0.15) is 0 Å². The largest absolute Gasteiger partial charge is 0.462 e. The van der Waals surface area contributed by atoms with Gasteiger partial charge >= 0.3 is 5.97 Å². The van der Waals surface area contributed by atoms with Crippen molar-refractivity contribution in [3.63, 3.8) is 0 Å². The zero-order valence-electron chi connectivity index (χ0n) is 10.0. The Labute approximate surface area is 100.0 Å². The number of carbonyl (C=O) groups is 2. The predicted octanol–water partition coefficient (Wildman–Crippen LogP) is 2.06. The lowest BCUT2D eigenvalue weighted by Gasteiger charge is -2.20. The van der Waals surface area contributed by atoms with E-state index in [1.54, 1.807) is 19.1 Å². The molecule has 4 heteroatoms. The third-order valence-electron chi connectivity index (χ3n) is 2.97. The highest BCUT2D eigenvalue weighted by Crippen LogP contribution is 2.28. The molecular weight excluding hydrogens is 218 g/mol. The van der Waals surface area contributed by atoms with Gasteiger partial charge in [-0.05, 0) is 43.5 Å². The van der Waals surface area contributed by atoms with Crippen molar-refractivity contribution in [1.29, 1.82) is 0 Å². The first kappa shape index (κ1) is 11.6. The van der Waals surface area contributed by atoms with Gasteiger partial charge in [0.25, 0.3) is 0 Å². The molecule has 0 bridgehead atoms. The first-order valence-electron chi connectivity index (χ1n) is 5.73. The molecule has 0 saturated heterocycles. The molecule has 0 spiro atoms. The van der Waals surface area contributed by atoms with Gasteiger partial charge in [-0.2, -0.15) is 0 Å². The third-order valence-corrected chi connectivity index (χ3v) is 2.97. The summed E-state index contributed by atoms with van der Waals surface area (Å²) in [4.78, 5) is 23.0. The number of amides is 1. The van der Waals surface area contributed by atoms with Gasteiger partial charge in [0.15, 0.2) is 0 Å². The van der Waals surface area contributed by atoms with Crippen LogP contribution in [0.25, 0.3) is 0 Å². The summed E-state index contributed by atoms with van der Waals surface area (Å²) in [5.74, 6) is -0.273. The molecule has 17 heavy (non-hydrogen) atoms. The van der Waals surface area contributed by atoms with Gasteiger partial charge in [-0.25, -0.2) is 4.79 Å². The van der Waals surface area contributed by atoms with Crippen LogP contribution in [0.1, 0.15) is 34.8 Å². The van der Waals surface area contributed by atoms with E-state index in [2.05, 4.69) is 5.32 Å². The van der Waals surface area contributed by atoms with E-state index in [-0.39, 0.29) is 11.9 Å². The maximum absolute atomic E-state index is 11.7. The lowest BCUT2D eigenvalue weighted by atomic mass is 9.94. The summed E-state index contributed by atoms with van der Waals surface area (Å²) >= 11 is 0. The number of nitrogens with one attached hydrogen (secondary N) is 1. The van der Waals surface area contributed by atoms with Gasteiger partial charge in [-0.3, -0.25) is 4.79 Å². The molecule has 4 nitrogen and oxygen atoms in total. The molecule has 1 heterocycles. The molecule has 1 aliphatic heterocycles. The zero-order chi connectivity index (χ0) is 12.4. The Bertz CT molecular complexity index is 480. The molecule has 0 aliphatic carbocycles. The van der Waals surface area contributed by atoms with Crippen LogP contribution in [0.2, 0.25) is 0 Å². The molecule has 0 atom stereocenters. The molecule has 1 N–H and O–H groups in total. The van der Waals surface area contributed by atoms with E-state index in [1.165, 1.54) is 0 Å². The molecule has 1 amide bonds. The van der Waals surface area contributed by atoms with Crippen LogP contribution in [0.15, 0.2) is 12.1 Å². The topological polar surface area (TPSA) is 55.4 Å². The summed E-state index contributed by atoms with van der Waals surface area (Å²) in [5, 5.41) is 2.81. The highest BCUT2D eigenvalue weighted by molar-refractivity contribution is 5.97. The highest BCUT2D eigenvalue weighted by atomic mass is 16.5. The van der Waals surface area contributed by atoms with Crippen molar-refractivity contribution in [2.24, 2.45) is 0 Å². The van der Waals surface area contributed by atoms with Crippen LogP contribution in [0, 0.1) is 6.92 Å². The van der Waals surface area contributed by atoms with Crippen LogP contribution in [0.5, 0.6) is 0 Å². The number of hydrogen-bond acceptors (Lipinski definition) is 3. The van der Waals surface area contributed by atoms with E-state index in [0.29, 0.717) is 25.0 Å². The van der Waals surface area contributed by atoms with E-state index < -0.39 is 0 Å². The van der Waals surface area contributed by atoms with Crippen LogP contribution >= 0.6 is 0 Å². The van der Waals surface area contributed by atoms with Gasteiger partial charge in [-0.15, -0.1) is 0 Å². The van der Waals surface area contributed by atoms with E-state index in [0.717, 1.165) is 16.8 Å². The Morgan fingerprint density at radius 2 is 2.18 bits per heavy atom. The fourth-order valence-electron chi connectivity index (χ4n) is 2.08. The van der Waals surface area contributed by atoms with Gasteiger partial charge < -0.3 is 10.1 Å². The second-order valence-corrected chi connectivity index (χ2v) is 4.03. The molecular formula is C13H15NO3. The van der Waals surface area contributed by atoms with Crippen LogP contribution < -0.4 is 5.32 Å². The second-order valence-electron chi connectivity index (χ2n) is 4.03. The average molecular weight is 233 g/mol. The van der Waals surface area contributed by atoms with E-state index in [9.17, 15) is 9.59 Å². The quantitative estimate of drug-likeness (QED) is 0.795. The summed E-state index contributed by atoms with van der Waals surface area (Å²) in [7, 11) is 0. The minimum Gasteiger partial charge on any atom is -0.462 e. The van der Waals surface area contributed by atoms with E-state index in [4.69, 9.17) is 4.74 Å². The van der Waals surface area contributed by atoms with E-state index >= 15 is 0 Å². The fourth-order valence-corrected chi connectivity index (χ4v) is 2.08. The van der Waals surface area contributed by atoms with Gasteiger partial charge in [0.2, 0.25) is 5.91 Å². The summed E-state index contributed by atoms with van der Waals surface area (Å²) in [5.41, 5.74) is 3.34. The first-order chi connectivity index (χ1) is 8.13. The number of carbonyl (C=O) groups excluding carboxylic acids is 2. The second kappa shape index (κ2) is 4.57. The molecule has 90 valence electrons. The molecule has 1 aromatic carbocycles. The fraction of sp³-hybridized carbons (Fsp3) is 0.385. The highest BCUT2D eigenvalue weighted by Gasteiger charge is 2.20. The third kappa shape index (κ3) is 2.16. The monoisotopic (exact) mass is 233 g/mol. The van der Waals surface area contributed by atoms with Gasteiger partial charge in [0.05, 0.1) is 12.2 Å². The van der Waals surface area contributed by atoms with Crippen LogP contribution in [-0.2, 0) is 16.0 Å². The van der Waals surface area contributed by atoms with Crippen molar-refractivity contribution in [3.8, 4) is 0 Å². The number of hydrogen-bond donors (Lipinski definition) is 1. The minimum atomic E-state index is -0.301. The summed E-state index contributed by atoms with van der Waals surface area (Å²) < 4.78 is 4.99. The number of ether oxygens (including phenoxy) is 1. The molecule has 0 saturated carbocycles. The Balaban J connectivity index is 2.39. The van der Waals surface area contributed by atoms with Crippen molar-refractivity contribution in [2.75, 3.05) is 11.9 Å². The summed E-state index contributed by atoms with van der Waals surface area (Å²) in [6, 6.07) is 3.48. The van der Waals surface area contributed by atoms with Gasteiger partial charge in [0, 0.05) is 12.1 Å². The Hall–Kier alpha value is -1.84. The maximum atomic E-state index is 11.7. The average Bonchev–Trinajstić information content (AvgIpc) is 2.29.